The Morgan fingerprint density at radius 1 is 0.708 bits per heavy atom. The first-order chi connectivity index (χ1) is 11.9. The average molecular weight is 315 g/mol. The topological polar surface area (TPSA) is 3.24 Å². The van der Waals surface area contributed by atoms with Gasteiger partial charge in [0, 0.05) is 6.54 Å². The third-order valence-corrected chi connectivity index (χ3v) is 6.02. The first-order valence-electron chi connectivity index (χ1n) is 9.57. The number of benzene rings is 3. The van der Waals surface area contributed by atoms with E-state index in [4.69, 9.17) is 0 Å². The molecule has 0 amide bonds. The summed E-state index contributed by atoms with van der Waals surface area (Å²) >= 11 is 0. The normalized spacial score (nSPS) is 18.3. The third kappa shape index (κ3) is 2.43. The van der Waals surface area contributed by atoms with Crippen molar-refractivity contribution in [2.75, 3.05) is 13.1 Å². The smallest absolute Gasteiger partial charge is 0.0233 e. The van der Waals surface area contributed by atoms with Crippen LogP contribution in [0, 0.1) is 0 Å². The molecule has 1 heterocycles. The Hall–Kier alpha value is -1.86. The molecule has 0 atom stereocenters. The van der Waals surface area contributed by atoms with Gasteiger partial charge in [0.2, 0.25) is 0 Å². The monoisotopic (exact) mass is 315 g/mol. The molecule has 2 aliphatic rings. The second-order valence-electron chi connectivity index (χ2n) is 7.61. The lowest BCUT2D eigenvalue weighted by molar-refractivity contribution is 0.331. The minimum absolute atomic E-state index is 1.11. The molecule has 0 N–H and O–H groups in total. The number of likely N-dealkylation sites (tertiary alicyclic amines) is 1. The lowest BCUT2D eigenvalue weighted by Crippen LogP contribution is -2.18. The summed E-state index contributed by atoms with van der Waals surface area (Å²) in [5, 5.41) is 5.77. The van der Waals surface area contributed by atoms with Crippen molar-refractivity contribution < 1.29 is 0 Å². The molecule has 1 nitrogen and oxygen atoms in total. The Kier molecular flexibility index (Phi) is 3.56. The predicted octanol–water partition coefficient (Wildman–Crippen LogP) is 5.47. The van der Waals surface area contributed by atoms with E-state index in [-0.39, 0.29) is 0 Å². The molecular formula is C23H25N. The van der Waals surface area contributed by atoms with Crippen LogP contribution in [0.3, 0.4) is 0 Å². The van der Waals surface area contributed by atoms with Crippen molar-refractivity contribution >= 4 is 21.5 Å². The molecule has 3 aromatic carbocycles. The first-order valence-corrected chi connectivity index (χ1v) is 9.57. The zero-order chi connectivity index (χ0) is 15.9. The van der Waals surface area contributed by atoms with Crippen molar-refractivity contribution in [1.29, 1.82) is 0 Å². The van der Waals surface area contributed by atoms with E-state index in [9.17, 15) is 0 Å². The highest BCUT2D eigenvalue weighted by Crippen LogP contribution is 2.33. The van der Waals surface area contributed by atoms with Gasteiger partial charge in [-0.1, -0.05) is 36.4 Å². The molecule has 1 saturated heterocycles. The highest BCUT2D eigenvalue weighted by atomic mass is 15.1. The van der Waals surface area contributed by atoms with E-state index in [0.717, 1.165) is 6.54 Å². The van der Waals surface area contributed by atoms with Gasteiger partial charge in [-0.25, -0.2) is 0 Å². The SMILES string of the molecule is c1cc2ccc3c4c(ccc3c2cc1CN1CCCC1)CCCC4. The van der Waals surface area contributed by atoms with Crippen LogP contribution in [0.4, 0.5) is 0 Å². The molecule has 1 heteroatoms. The van der Waals surface area contributed by atoms with Crippen LogP contribution in [-0.4, -0.2) is 18.0 Å². The van der Waals surface area contributed by atoms with E-state index < -0.39 is 0 Å². The van der Waals surface area contributed by atoms with E-state index in [2.05, 4.69) is 47.4 Å². The van der Waals surface area contributed by atoms with Gasteiger partial charge in [-0.3, -0.25) is 4.90 Å². The zero-order valence-corrected chi connectivity index (χ0v) is 14.4. The molecule has 0 aromatic heterocycles. The summed E-state index contributed by atoms with van der Waals surface area (Å²) in [5.41, 5.74) is 4.67. The van der Waals surface area contributed by atoms with Crippen molar-refractivity contribution in [3.63, 3.8) is 0 Å². The average Bonchev–Trinajstić information content (AvgIpc) is 3.14. The van der Waals surface area contributed by atoms with Gasteiger partial charge in [-0.2, -0.15) is 0 Å². The minimum atomic E-state index is 1.11. The van der Waals surface area contributed by atoms with E-state index in [0.29, 0.717) is 0 Å². The quantitative estimate of drug-likeness (QED) is 0.567. The standard InChI is InChI=1S/C23H25N/c1-2-6-20-18(5-1)9-12-22-21(20)11-10-19-8-7-17(15-23(19)22)16-24-13-3-4-14-24/h7-12,15H,1-6,13-14,16H2. The van der Waals surface area contributed by atoms with Crippen LogP contribution in [0.15, 0.2) is 42.5 Å². The number of aryl methyl sites for hydroxylation is 2. The van der Waals surface area contributed by atoms with Crippen molar-refractivity contribution in [1.82, 2.24) is 4.90 Å². The fourth-order valence-corrected chi connectivity index (χ4v) is 4.73. The van der Waals surface area contributed by atoms with Crippen LogP contribution in [0.25, 0.3) is 21.5 Å². The highest BCUT2D eigenvalue weighted by Gasteiger charge is 2.15. The Labute approximate surface area is 144 Å². The molecule has 122 valence electrons. The van der Waals surface area contributed by atoms with Crippen LogP contribution < -0.4 is 0 Å². The zero-order valence-electron chi connectivity index (χ0n) is 14.4. The molecule has 0 saturated carbocycles. The van der Waals surface area contributed by atoms with Crippen LogP contribution in [0.1, 0.15) is 42.4 Å². The molecule has 0 unspecified atom stereocenters. The molecule has 1 aliphatic carbocycles. The van der Waals surface area contributed by atoms with E-state index in [1.54, 1.807) is 11.1 Å². The van der Waals surface area contributed by atoms with Crippen LogP contribution in [0.2, 0.25) is 0 Å². The molecule has 0 radical (unpaired) electrons. The molecular weight excluding hydrogens is 290 g/mol. The van der Waals surface area contributed by atoms with Gasteiger partial charge >= 0.3 is 0 Å². The van der Waals surface area contributed by atoms with Gasteiger partial charge in [-0.15, -0.1) is 0 Å². The summed E-state index contributed by atoms with van der Waals surface area (Å²) in [6.45, 7) is 3.64. The Balaban J connectivity index is 1.65. The number of hydrogen-bond donors (Lipinski definition) is 0. The largest absolute Gasteiger partial charge is 0.299 e. The van der Waals surface area contributed by atoms with Crippen molar-refractivity contribution in [3.8, 4) is 0 Å². The van der Waals surface area contributed by atoms with Crippen molar-refractivity contribution in [2.24, 2.45) is 0 Å². The maximum atomic E-state index is 2.59. The Morgan fingerprint density at radius 3 is 2.42 bits per heavy atom. The second kappa shape index (κ2) is 5.89. The lowest BCUT2D eigenvalue weighted by atomic mass is 9.86. The van der Waals surface area contributed by atoms with Gasteiger partial charge in [0.05, 0.1) is 0 Å². The van der Waals surface area contributed by atoms with Gasteiger partial charge < -0.3 is 0 Å². The molecule has 24 heavy (non-hydrogen) atoms. The van der Waals surface area contributed by atoms with Gasteiger partial charge in [0.25, 0.3) is 0 Å². The molecule has 3 aromatic rings. The lowest BCUT2D eigenvalue weighted by Gasteiger charge is -2.19. The number of hydrogen-bond acceptors (Lipinski definition) is 1. The molecule has 5 rings (SSSR count). The first kappa shape index (κ1) is 14.5. The van der Waals surface area contributed by atoms with Crippen LogP contribution >= 0.6 is 0 Å². The molecule has 0 bridgehead atoms. The van der Waals surface area contributed by atoms with Gasteiger partial charge in [0.15, 0.2) is 0 Å². The summed E-state index contributed by atoms with van der Waals surface area (Å²) in [5.74, 6) is 0. The fraction of sp³-hybridized carbons (Fsp3) is 0.391. The van der Waals surface area contributed by atoms with Gasteiger partial charge in [-0.05, 0) is 95.9 Å². The maximum absolute atomic E-state index is 2.59. The van der Waals surface area contributed by atoms with Crippen LogP contribution in [0.5, 0.6) is 0 Å². The van der Waals surface area contributed by atoms with Crippen LogP contribution in [-0.2, 0) is 19.4 Å². The third-order valence-electron chi connectivity index (χ3n) is 6.02. The number of rotatable bonds is 2. The van der Waals surface area contributed by atoms with Crippen molar-refractivity contribution in [3.05, 3.63) is 59.2 Å². The van der Waals surface area contributed by atoms with E-state index >= 15 is 0 Å². The summed E-state index contributed by atoms with van der Waals surface area (Å²) in [7, 11) is 0. The van der Waals surface area contributed by atoms with E-state index in [1.165, 1.54) is 78.7 Å². The fourth-order valence-electron chi connectivity index (χ4n) is 4.73. The Morgan fingerprint density at radius 2 is 1.50 bits per heavy atom. The molecule has 0 spiro atoms. The number of nitrogens with zero attached hydrogens (tertiary/aromatic N) is 1. The maximum Gasteiger partial charge on any atom is 0.0233 e. The summed E-state index contributed by atoms with van der Waals surface area (Å²) in [6.07, 6.45) is 7.94. The Bertz CT molecular complexity index is 903. The second-order valence-corrected chi connectivity index (χ2v) is 7.61. The molecule has 1 fully saturated rings. The minimum Gasteiger partial charge on any atom is -0.299 e. The summed E-state index contributed by atoms with van der Waals surface area (Å²) in [4.78, 5) is 2.59. The summed E-state index contributed by atoms with van der Waals surface area (Å²) < 4.78 is 0. The number of fused-ring (bicyclic) bond motifs is 5. The predicted molar refractivity (Wildman–Crippen MR) is 103 cm³/mol. The molecule has 1 aliphatic heterocycles. The highest BCUT2D eigenvalue weighted by molar-refractivity contribution is 6.09. The van der Waals surface area contributed by atoms with Gasteiger partial charge in [0.1, 0.15) is 0 Å². The van der Waals surface area contributed by atoms with Crippen molar-refractivity contribution in [2.45, 2.75) is 45.1 Å². The van der Waals surface area contributed by atoms with E-state index in [1.807, 2.05) is 0 Å². The summed E-state index contributed by atoms with van der Waals surface area (Å²) in [6, 6.07) is 16.6.